The molecule has 2 N–H and O–H groups in total. The van der Waals surface area contributed by atoms with Gasteiger partial charge < -0.3 is 20.1 Å². The van der Waals surface area contributed by atoms with Crippen molar-refractivity contribution < 1.29 is 23.9 Å². The second kappa shape index (κ2) is 13.7. The molecular formula is C28H28N2O5S. The molecule has 3 rings (SSSR count). The van der Waals surface area contributed by atoms with Crippen molar-refractivity contribution in [2.75, 3.05) is 24.3 Å². The third-order valence-electron chi connectivity index (χ3n) is 4.80. The minimum Gasteiger partial charge on any atom is -0.493 e. The van der Waals surface area contributed by atoms with Gasteiger partial charge in [-0.15, -0.1) is 11.8 Å². The Morgan fingerprint density at radius 3 is 2.39 bits per heavy atom. The Bertz CT molecular complexity index is 1230. The molecule has 0 fully saturated rings. The number of hydrogen-bond acceptors (Lipinski definition) is 6. The zero-order chi connectivity index (χ0) is 25.8. The minimum atomic E-state index is -0.502. The van der Waals surface area contributed by atoms with Crippen molar-refractivity contribution in [2.45, 2.75) is 18.7 Å². The van der Waals surface area contributed by atoms with Crippen LogP contribution in [0.15, 0.2) is 89.5 Å². The summed E-state index contributed by atoms with van der Waals surface area (Å²) in [6.07, 6.45) is 1.58. The van der Waals surface area contributed by atoms with E-state index < -0.39 is 11.8 Å². The molecule has 0 spiro atoms. The second-order valence-corrected chi connectivity index (χ2v) is 8.47. The molecule has 0 saturated heterocycles. The monoisotopic (exact) mass is 504 g/mol. The summed E-state index contributed by atoms with van der Waals surface area (Å²) in [5.41, 5.74) is 1.65. The van der Waals surface area contributed by atoms with E-state index in [1.165, 1.54) is 11.8 Å². The summed E-state index contributed by atoms with van der Waals surface area (Å²) < 4.78 is 10.6. The molecule has 8 heteroatoms. The van der Waals surface area contributed by atoms with Gasteiger partial charge in [-0.2, -0.15) is 0 Å². The molecule has 7 nitrogen and oxygen atoms in total. The average Bonchev–Trinajstić information content (AvgIpc) is 2.89. The van der Waals surface area contributed by atoms with Crippen LogP contribution in [0, 0.1) is 0 Å². The number of ether oxygens (including phenoxy) is 2. The number of hydrogen-bond donors (Lipinski definition) is 2. The molecule has 0 atom stereocenters. The third-order valence-corrected chi connectivity index (χ3v) is 5.77. The fourth-order valence-corrected chi connectivity index (χ4v) is 3.94. The number of esters is 1. The van der Waals surface area contributed by atoms with Gasteiger partial charge >= 0.3 is 5.97 Å². The number of thioether (sulfide) groups is 1. The van der Waals surface area contributed by atoms with Crippen molar-refractivity contribution in [1.29, 1.82) is 0 Å². The van der Waals surface area contributed by atoms with E-state index in [-0.39, 0.29) is 17.4 Å². The van der Waals surface area contributed by atoms with E-state index in [4.69, 9.17) is 9.47 Å². The molecule has 0 aromatic heterocycles. The van der Waals surface area contributed by atoms with Gasteiger partial charge in [0.1, 0.15) is 11.4 Å². The lowest BCUT2D eigenvalue weighted by Crippen LogP contribution is -2.30. The van der Waals surface area contributed by atoms with Crippen LogP contribution in [0.3, 0.4) is 0 Å². The first-order chi connectivity index (χ1) is 17.5. The topological polar surface area (TPSA) is 93.7 Å². The molecule has 0 aliphatic rings. The second-order valence-electron chi connectivity index (χ2n) is 7.42. The van der Waals surface area contributed by atoms with Crippen LogP contribution in [0.25, 0.3) is 6.08 Å². The van der Waals surface area contributed by atoms with Crippen LogP contribution in [0.5, 0.6) is 5.75 Å². The van der Waals surface area contributed by atoms with Crippen molar-refractivity contribution in [3.05, 3.63) is 95.7 Å². The number of carbonyl (C=O) groups excluding carboxylic acids is 3. The van der Waals surface area contributed by atoms with Crippen LogP contribution in [-0.4, -0.2) is 36.8 Å². The van der Waals surface area contributed by atoms with Gasteiger partial charge in [0.15, 0.2) is 0 Å². The zero-order valence-corrected chi connectivity index (χ0v) is 21.0. The minimum absolute atomic E-state index is 0.0561. The number of nitrogens with one attached hydrogen (secondary N) is 2. The standard InChI is InChI=1S/C28H28N2O5S/c1-3-34-25-16-9-8-13-21(25)17-24(30-27(32)20-11-6-5-7-12-20)28(33)29-22-14-10-15-23(18-22)36-19-26(31)35-4-2/h5-18H,3-4,19H2,1-2H3,(H,29,33)(H,30,32)/b24-17+. The summed E-state index contributed by atoms with van der Waals surface area (Å²) in [6.45, 7) is 4.41. The normalized spacial score (nSPS) is 10.9. The van der Waals surface area contributed by atoms with Gasteiger partial charge in [-0.1, -0.05) is 42.5 Å². The van der Waals surface area contributed by atoms with Gasteiger partial charge in [0.05, 0.1) is 19.0 Å². The van der Waals surface area contributed by atoms with Gasteiger partial charge in [0.25, 0.3) is 11.8 Å². The van der Waals surface area contributed by atoms with E-state index in [9.17, 15) is 14.4 Å². The Hall–Kier alpha value is -4.04. The Labute approximate surface area is 214 Å². The van der Waals surface area contributed by atoms with Gasteiger partial charge in [0.2, 0.25) is 0 Å². The molecule has 0 radical (unpaired) electrons. The highest BCUT2D eigenvalue weighted by atomic mass is 32.2. The maximum atomic E-state index is 13.3. The zero-order valence-electron chi connectivity index (χ0n) is 20.2. The molecule has 0 bridgehead atoms. The van der Waals surface area contributed by atoms with Crippen LogP contribution in [0.4, 0.5) is 5.69 Å². The average molecular weight is 505 g/mol. The summed E-state index contributed by atoms with van der Waals surface area (Å²) in [4.78, 5) is 38.6. The summed E-state index contributed by atoms with van der Waals surface area (Å²) >= 11 is 1.31. The molecule has 0 aliphatic heterocycles. The highest BCUT2D eigenvalue weighted by molar-refractivity contribution is 8.00. The Kier molecular flexibility index (Phi) is 10.1. The van der Waals surface area contributed by atoms with Crippen LogP contribution in [0.2, 0.25) is 0 Å². The number of carbonyl (C=O) groups is 3. The fraction of sp³-hybridized carbons (Fsp3) is 0.179. The molecule has 2 amide bonds. The smallest absolute Gasteiger partial charge is 0.316 e. The van der Waals surface area contributed by atoms with Crippen molar-refractivity contribution in [3.8, 4) is 5.75 Å². The lowest BCUT2D eigenvalue weighted by Gasteiger charge is -2.13. The van der Waals surface area contributed by atoms with Crippen LogP contribution in [-0.2, 0) is 14.3 Å². The largest absolute Gasteiger partial charge is 0.493 e. The number of rotatable bonds is 11. The van der Waals surface area contributed by atoms with Crippen LogP contribution < -0.4 is 15.4 Å². The molecule has 3 aromatic rings. The molecule has 0 aliphatic carbocycles. The molecule has 0 saturated carbocycles. The van der Waals surface area contributed by atoms with Gasteiger partial charge in [-0.3, -0.25) is 14.4 Å². The van der Waals surface area contributed by atoms with E-state index >= 15 is 0 Å². The maximum absolute atomic E-state index is 13.3. The third kappa shape index (κ3) is 8.02. The highest BCUT2D eigenvalue weighted by Crippen LogP contribution is 2.24. The maximum Gasteiger partial charge on any atom is 0.316 e. The first-order valence-electron chi connectivity index (χ1n) is 11.5. The predicted molar refractivity (Wildman–Crippen MR) is 142 cm³/mol. The summed E-state index contributed by atoms with van der Waals surface area (Å²) in [5, 5.41) is 5.56. The summed E-state index contributed by atoms with van der Waals surface area (Å²) in [6, 6.07) is 23.0. The summed E-state index contributed by atoms with van der Waals surface area (Å²) in [7, 11) is 0. The Morgan fingerprint density at radius 2 is 1.64 bits per heavy atom. The van der Waals surface area contributed by atoms with E-state index in [0.29, 0.717) is 35.8 Å². The molecule has 0 heterocycles. The first kappa shape index (κ1) is 26.6. The number of amides is 2. The SMILES string of the molecule is CCOC(=O)CSc1cccc(NC(=O)/C(=C\c2ccccc2OCC)NC(=O)c2ccccc2)c1. The van der Waals surface area contributed by atoms with Crippen molar-refractivity contribution in [2.24, 2.45) is 0 Å². The van der Waals surface area contributed by atoms with Gasteiger partial charge in [0, 0.05) is 21.7 Å². The lowest BCUT2D eigenvalue weighted by atomic mass is 10.1. The number of anilines is 1. The predicted octanol–water partition coefficient (Wildman–Crippen LogP) is 5.15. The van der Waals surface area contributed by atoms with Crippen molar-refractivity contribution in [3.63, 3.8) is 0 Å². The Morgan fingerprint density at radius 1 is 0.889 bits per heavy atom. The molecule has 3 aromatic carbocycles. The van der Waals surface area contributed by atoms with E-state index in [1.54, 1.807) is 67.6 Å². The van der Waals surface area contributed by atoms with Gasteiger partial charge in [-0.05, 0) is 56.3 Å². The van der Waals surface area contributed by atoms with Crippen LogP contribution in [0.1, 0.15) is 29.8 Å². The van der Waals surface area contributed by atoms with E-state index in [1.807, 2.05) is 31.2 Å². The number of para-hydroxylation sites is 1. The fourth-order valence-electron chi connectivity index (χ4n) is 3.19. The van der Waals surface area contributed by atoms with E-state index in [2.05, 4.69) is 10.6 Å². The van der Waals surface area contributed by atoms with E-state index in [0.717, 1.165) is 4.90 Å². The molecule has 186 valence electrons. The van der Waals surface area contributed by atoms with Gasteiger partial charge in [-0.25, -0.2) is 0 Å². The molecular weight excluding hydrogens is 476 g/mol. The molecule has 36 heavy (non-hydrogen) atoms. The lowest BCUT2D eigenvalue weighted by molar-refractivity contribution is -0.139. The first-order valence-corrected chi connectivity index (χ1v) is 12.5. The van der Waals surface area contributed by atoms with Crippen LogP contribution >= 0.6 is 11.8 Å². The highest BCUT2D eigenvalue weighted by Gasteiger charge is 2.16. The Balaban J connectivity index is 1.84. The van der Waals surface area contributed by atoms with Crippen molar-refractivity contribution >= 4 is 41.3 Å². The summed E-state index contributed by atoms with van der Waals surface area (Å²) in [5.74, 6) is -0.462. The molecule has 0 unspecified atom stereocenters. The van der Waals surface area contributed by atoms with Crippen molar-refractivity contribution in [1.82, 2.24) is 5.32 Å². The quantitative estimate of drug-likeness (QED) is 0.213. The number of benzene rings is 3.